The quantitative estimate of drug-likeness (QED) is 0.712. The lowest BCUT2D eigenvalue weighted by atomic mass is 10.1. The van der Waals surface area contributed by atoms with E-state index in [2.05, 4.69) is 10.5 Å². The molecule has 0 radical (unpaired) electrons. The van der Waals surface area contributed by atoms with E-state index >= 15 is 0 Å². The maximum Gasteiger partial charge on any atom is 0.273 e. The van der Waals surface area contributed by atoms with Crippen LogP contribution in [0.5, 0.6) is 0 Å². The molecule has 5 nitrogen and oxygen atoms in total. The zero-order chi connectivity index (χ0) is 18.5. The molecule has 134 valence electrons. The van der Waals surface area contributed by atoms with Gasteiger partial charge in [0.15, 0.2) is 11.5 Å². The summed E-state index contributed by atoms with van der Waals surface area (Å²) in [6.45, 7) is 0.406. The van der Waals surface area contributed by atoms with Gasteiger partial charge in [-0.05, 0) is 25.7 Å². The van der Waals surface area contributed by atoms with Gasteiger partial charge in [-0.2, -0.15) is 0 Å². The number of hydrogen-bond donors (Lipinski definition) is 1. The molecule has 0 aliphatic rings. The Balaban J connectivity index is 1.70. The third-order valence-electron chi connectivity index (χ3n) is 4.14. The average Bonchev–Trinajstić information content (AvgIpc) is 3.14. The predicted molar refractivity (Wildman–Crippen MR) is 102 cm³/mol. The number of aromatic nitrogens is 1. The Morgan fingerprint density at radius 3 is 2.54 bits per heavy atom. The van der Waals surface area contributed by atoms with Crippen LogP contribution in [0.3, 0.4) is 0 Å². The van der Waals surface area contributed by atoms with E-state index in [1.54, 1.807) is 6.07 Å². The average molecular weight is 370 g/mol. The minimum atomic E-state index is -0.283. The van der Waals surface area contributed by atoms with E-state index in [-0.39, 0.29) is 17.6 Å². The molecule has 1 amide bonds. The Hall–Kier alpha value is -2.63. The lowest BCUT2D eigenvalue weighted by Gasteiger charge is -2.25. The van der Waals surface area contributed by atoms with Gasteiger partial charge >= 0.3 is 0 Å². The number of rotatable bonds is 6. The Kier molecular flexibility index (Phi) is 5.71. The third kappa shape index (κ3) is 4.12. The molecule has 0 unspecified atom stereocenters. The fraction of sp³-hybridized carbons (Fsp3) is 0.200. The number of benzene rings is 2. The molecular weight excluding hydrogens is 350 g/mol. The summed E-state index contributed by atoms with van der Waals surface area (Å²) in [4.78, 5) is 14.5. The lowest BCUT2D eigenvalue weighted by molar-refractivity contribution is 0.0933. The molecule has 0 bridgehead atoms. The highest BCUT2D eigenvalue weighted by Crippen LogP contribution is 2.25. The summed E-state index contributed by atoms with van der Waals surface area (Å²) in [5.74, 6) is 0.279. The highest BCUT2D eigenvalue weighted by Gasteiger charge is 2.20. The monoisotopic (exact) mass is 369 g/mol. The van der Waals surface area contributed by atoms with E-state index in [1.807, 2.05) is 73.6 Å². The van der Waals surface area contributed by atoms with Crippen molar-refractivity contribution in [2.24, 2.45) is 0 Å². The Morgan fingerprint density at radius 1 is 1.15 bits per heavy atom. The van der Waals surface area contributed by atoms with Gasteiger partial charge in [0.2, 0.25) is 0 Å². The molecule has 0 spiro atoms. The molecule has 6 heteroatoms. The van der Waals surface area contributed by atoms with Crippen molar-refractivity contribution in [2.45, 2.75) is 6.04 Å². The van der Waals surface area contributed by atoms with Gasteiger partial charge < -0.3 is 14.7 Å². The first-order valence-corrected chi connectivity index (χ1v) is 8.65. The van der Waals surface area contributed by atoms with Crippen LogP contribution in [-0.4, -0.2) is 36.6 Å². The molecule has 0 aliphatic carbocycles. The van der Waals surface area contributed by atoms with Crippen LogP contribution in [0.1, 0.15) is 22.1 Å². The minimum Gasteiger partial charge on any atom is -0.355 e. The van der Waals surface area contributed by atoms with Crippen LogP contribution >= 0.6 is 11.6 Å². The predicted octanol–water partition coefficient (Wildman–Crippen LogP) is 4.03. The summed E-state index contributed by atoms with van der Waals surface area (Å²) >= 11 is 6.30. The highest BCUT2D eigenvalue weighted by molar-refractivity contribution is 6.31. The van der Waals surface area contributed by atoms with Gasteiger partial charge in [-0.15, -0.1) is 0 Å². The molecule has 0 saturated heterocycles. The number of hydrogen-bond acceptors (Lipinski definition) is 4. The summed E-state index contributed by atoms with van der Waals surface area (Å²) in [5, 5.41) is 7.46. The molecular formula is C20H20ClN3O2. The number of carbonyl (C=O) groups excluding carboxylic acids is 1. The zero-order valence-corrected chi connectivity index (χ0v) is 15.4. The molecule has 0 fully saturated rings. The van der Waals surface area contributed by atoms with Crippen LogP contribution in [-0.2, 0) is 0 Å². The summed E-state index contributed by atoms with van der Waals surface area (Å²) < 4.78 is 5.29. The Morgan fingerprint density at radius 2 is 1.85 bits per heavy atom. The van der Waals surface area contributed by atoms with Crippen LogP contribution in [0, 0.1) is 0 Å². The van der Waals surface area contributed by atoms with Crippen molar-refractivity contribution < 1.29 is 9.32 Å². The SMILES string of the molecule is CN(C)[C@H](CNC(=O)c1cc(-c2ccccc2)on1)c1ccccc1Cl. The van der Waals surface area contributed by atoms with Crippen molar-refractivity contribution in [1.82, 2.24) is 15.4 Å². The van der Waals surface area contributed by atoms with Crippen molar-refractivity contribution in [1.29, 1.82) is 0 Å². The van der Waals surface area contributed by atoms with Crippen LogP contribution in [0.15, 0.2) is 65.2 Å². The number of halogens is 1. The fourth-order valence-electron chi connectivity index (χ4n) is 2.72. The molecule has 1 atom stereocenters. The van der Waals surface area contributed by atoms with Crippen LogP contribution in [0.2, 0.25) is 5.02 Å². The first-order valence-electron chi connectivity index (χ1n) is 8.27. The molecule has 0 aliphatic heterocycles. The van der Waals surface area contributed by atoms with Crippen molar-refractivity contribution in [3.05, 3.63) is 76.9 Å². The molecule has 3 rings (SSSR count). The summed E-state index contributed by atoms with van der Waals surface area (Å²) in [5.41, 5.74) is 2.09. The van der Waals surface area contributed by atoms with Gasteiger partial charge in [0.05, 0.1) is 6.04 Å². The maximum absolute atomic E-state index is 12.4. The van der Waals surface area contributed by atoms with Crippen molar-refractivity contribution in [3.63, 3.8) is 0 Å². The second-order valence-corrected chi connectivity index (χ2v) is 6.56. The lowest BCUT2D eigenvalue weighted by Crippen LogP contribution is -2.34. The number of amides is 1. The molecule has 3 aromatic rings. The fourth-order valence-corrected chi connectivity index (χ4v) is 2.98. The van der Waals surface area contributed by atoms with Gasteiger partial charge in [-0.1, -0.05) is 65.3 Å². The first-order chi connectivity index (χ1) is 12.6. The topological polar surface area (TPSA) is 58.4 Å². The molecule has 26 heavy (non-hydrogen) atoms. The van der Waals surface area contributed by atoms with Crippen LogP contribution in [0.25, 0.3) is 11.3 Å². The standard InChI is InChI=1S/C20H20ClN3O2/c1-24(2)18(15-10-6-7-11-16(15)21)13-22-20(25)17-12-19(26-23-17)14-8-4-3-5-9-14/h3-12,18H,13H2,1-2H3,(H,22,25)/t18-/m1/s1. The zero-order valence-electron chi connectivity index (χ0n) is 14.6. The van der Waals surface area contributed by atoms with Gasteiger partial charge in [-0.25, -0.2) is 0 Å². The number of carbonyl (C=O) groups is 1. The molecule has 1 heterocycles. The smallest absolute Gasteiger partial charge is 0.273 e. The Bertz CT molecular complexity index is 878. The van der Waals surface area contributed by atoms with Crippen molar-refractivity contribution in [3.8, 4) is 11.3 Å². The molecule has 2 aromatic carbocycles. The number of nitrogens with one attached hydrogen (secondary N) is 1. The second kappa shape index (κ2) is 8.17. The summed E-state index contributed by atoms with van der Waals surface area (Å²) in [6, 6.07) is 18.8. The number of nitrogens with zero attached hydrogens (tertiary/aromatic N) is 2. The normalized spacial score (nSPS) is 12.2. The maximum atomic E-state index is 12.4. The second-order valence-electron chi connectivity index (χ2n) is 6.15. The van der Waals surface area contributed by atoms with E-state index in [9.17, 15) is 4.79 Å². The minimum absolute atomic E-state index is 0.0480. The highest BCUT2D eigenvalue weighted by atomic mass is 35.5. The van der Waals surface area contributed by atoms with Gasteiger partial charge in [0.25, 0.3) is 5.91 Å². The molecule has 0 saturated carbocycles. The summed E-state index contributed by atoms with van der Waals surface area (Å²) in [6.07, 6.45) is 0. The molecule has 1 N–H and O–H groups in total. The van der Waals surface area contributed by atoms with E-state index in [1.165, 1.54) is 0 Å². The van der Waals surface area contributed by atoms with Gasteiger partial charge in [0, 0.05) is 23.2 Å². The Labute approximate surface area is 157 Å². The number of likely N-dealkylation sites (N-methyl/N-ethyl adjacent to an activating group) is 1. The van der Waals surface area contributed by atoms with E-state index < -0.39 is 0 Å². The van der Waals surface area contributed by atoms with Crippen LogP contribution in [0.4, 0.5) is 0 Å². The van der Waals surface area contributed by atoms with Crippen molar-refractivity contribution in [2.75, 3.05) is 20.6 Å². The first kappa shape index (κ1) is 18.2. The summed E-state index contributed by atoms with van der Waals surface area (Å²) in [7, 11) is 3.90. The van der Waals surface area contributed by atoms with E-state index in [0.29, 0.717) is 17.3 Å². The van der Waals surface area contributed by atoms with Crippen LogP contribution < -0.4 is 5.32 Å². The van der Waals surface area contributed by atoms with Gasteiger partial charge in [-0.3, -0.25) is 4.79 Å². The van der Waals surface area contributed by atoms with E-state index in [0.717, 1.165) is 11.1 Å². The van der Waals surface area contributed by atoms with Gasteiger partial charge in [0.1, 0.15) is 0 Å². The third-order valence-corrected chi connectivity index (χ3v) is 4.49. The largest absolute Gasteiger partial charge is 0.355 e. The van der Waals surface area contributed by atoms with Crippen molar-refractivity contribution >= 4 is 17.5 Å². The molecule has 1 aromatic heterocycles. The van der Waals surface area contributed by atoms with E-state index in [4.69, 9.17) is 16.1 Å².